The van der Waals surface area contributed by atoms with E-state index in [1.54, 1.807) is 19.1 Å². The number of hydrogen-bond donors (Lipinski definition) is 1. The van der Waals surface area contributed by atoms with E-state index in [9.17, 15) is 4.39 Å². The Bertz CT molecular complexity index is 347. The van der Waals surface area contributed by atoms with Gasteiger partial charge in [-0.05, 0) is 25.1 Å². The van der Waals surface area contributed by atoms with Gasteiger partial charge in [0.25, 0.3) is 0 Å². The van der Waals surface area contributed by atoms with Crippen molar-refractivity contribution in [1.82, 2.24) is 0 Å². The molecule has 0 spiro atoms. The average Bonchev–Trinajstić information content (AvgIpc) is 2.18. The maximum Gasteiger partial charge on any atom is 0.124 e. The van der Waals surface area contributed by atoms with Crippen LogP contribution in [0.4, 0.5) is 4.39 Å². The number of hydrogen-bond acceptors (Lipinski definition) is 2. The zero-order chi connectivity index (χ0) is 10.8. The Morgan fingerprint density at radius 1 is 1.57 bits per heavy atom. The van der Waals surface area contributed by atoms with Gasteiger partial charge in [0.05, 0.1) is 12.6 Å². The van der Waals surface area contributed by atoms with Crippen molar-refractivity contribution in [3.8, 4) is 5.75 Å². The third-order valence-corrected chi connectivity index (χ3v) is 2.17. The van der Waals surface area contributed by atoms with Gasteiger partial charge in [-0.3, -0.25) is 0 Å². The molecule has 1 atom stereocenters. The molecule has 0 amide bonds. The Labute approximate surface area is 83.2 Å². The Morgan fingerprint density at radius 3 is 2.71 bits per heavy atom. The third kappa shape index (κ3) is 1.93. The lowest BCUT2D eigenvalue weighted by Crippen LogP contribution is -2.30. The van der Waals surface area contributed by atoms with Crippen molar-refractivity contribution in [3.63, 3.8) is 0 Å². The summed E-state index contributed by atoms with van der Waals surface area (Å²) in [5.74, 6) is 0.232. The second-order valence-electron chi connectivity index (χ2n) is 3.33. The van der Waals surface area contributed by atoms with Crippen molar-refractivity contribution in [3.05, 3.63) is 42.2 Å². The second kappa shape index (κ2) is 3.80. The molecule has 1 rings (SSSR count). The zero-order valence-electron chi connectivity index (χ0n) is 8.38. The summed E-state index contributed by atoms with van der Waals surface area (Å²) in [6.45, 7) is 5.36. The molecule has 0 radical (unpaired) electrons. The van der Waals surface area contributed by atoms with Gasteiger partial charge in [-0.1, -0.05) is 6.08 Å². The van der Waals surface area contributed by atoms with E-state index < -0.39 is 5.54 Å². The highest BCUT2D eigenvalue weighted by Gasteiger charge is 2.21. The Morgan fingerprint density at radius 2 is 2.21 bits per heavy atom. The van der Waals surface area contributed by atoms with Crippen molar-refractivity contribution in [1.29, 1.82) is 0 Å². The normalized spacial score (nSPS) is 14.6. The molecule has 0 aliphatic rings. The highest BCUT2D eigenvalue weighted by Crippen LogP contribution is 2.29. The van der Waals surface area contributed by atoms with Gasteiger partial charge in [-0.15, -0.1) is 6.58 Å². The van der Waals surface area contributed by atoms with E-state index in [0.29, 0.717) is 11.3 Å². The van der Waals surface area contributed by atoms with E-state index in [2.05, 4.69) is 6.58 Å². The summed E-state index contributed by atoms with van der Waals surface area (Å²) in [5.41, 5.74) is 5.73. The second-order valence-corrected chi connectivity index (χ2v) is 3.33. The fourth-order valence-corrected chi connectivity index (χ4v) is 1.21. The van der Waals surface area contributed by atoms with Crippen molar-refractivity contribution in [2.75, 3.05) is 7.11 Å². The van der Waals surface area contributed by atoms with Crippen LogP contribution < -0.4 is 10.5 Å². The van der Waals surface area contributed by atoms with E-state index in [0.717, 1.165) is 0 Å². The predicted octanol–water partition coefficient (Wildman–Crippen LogP) is 2.19. The molecule has 14 heavy (non-hydrogen) atoms. The minimum Gasteiger partial charge on any atom is -0.496 e. The number of rotatable bonds is 3. The number of halogens is 1. The summed E-state index contributed by atoms with van der Waals surface area (Å²) in [6, 6.07) is 4.25. The van der Waals surface area contributed by atoms with Crippen molar-refractivity contribution in [2.24, 2.45) is 5.73 Å². The molecule has 0 bridgehead atoms. The number of benzene rings is 1. The molecular weight excluding hydrogens is 181 g/mol. The summed E-state index contributed by atoms with van der Waals surface area (Å²) in [4.78, 5) is 0. The van der Waals surface area contributed by atoms with Crippen molar-refractivity contribution < 1.29 is 9.13 Å². The van der Waals surface area contributed by atoms with Gasteiger partial charge < -0.3 is 10.5 Å². The van der Waals surface area contributed by atoms with E-state index in [1.807, 2.05) is 0 Å². The molecule has 76 valence electrons. The van der Waals surface area contributed by atoms with Gasteiger partial charge in [0, 0.05) is 5.56 Å². The minimum atomic E-state index is -0.784. The number of methoxy groups -OCH3 is 1. The smallest absolute Gasteiger partial charge is 0.124 e. The van der Waals surface area contributed by atoms with Crippen LogP contribution in [0.3, 0.4) is 0 Å². The maximum atomic E-state index is 13.0. The quantitative estimate of drug-likeness (QED) is 0.750. The molecule has 0 saturated carbocycles. The average molecular weight is 195 g/mol. The first-order valence-electron chi connectivity index (χ1n) is 4.27. The minimum absolute atomic E-state index is 0.334. The molecule has 0 aliphatic carbocycles. The van der Waals surface area contributed by atoms with Crippen LogP contribution in [0.5, 0.6) is 5.75 Å². The molecule has 0 unspecified atom stereocenters. The largest absolute Gasteiger partial charge is 0.496 e. The van der Waals surface area contributed by atoms with Crippen LogP contribution in [-0.4, -0.2) is 7.11 Å². The molecular formula is C11H14FNO. The van der Waals surface area contributed by atoms with Crippen LogP contribution in [0.25, 0.3) is 0 Å². The van der Waals surface area contributed by atoms with Crippen LogP contribution >= 0.6 is 0 Å². The van der Waals surface area contributed by atoms with Gasteiger partial charge in [0.15, 0.2) is 0 Å². The molecule has 0 heterocycles. The lowest BCUT2D eigenvalue weighted by molar-refractivity contribution is 0.398. The van der Waals surface area contributed by atoms with Gasteiger partial charge in [0.2, 0.25) is 0 Å². The van der Waals surface area contributed by atoms with Crippen LogP contribution in [0.1, 0.15) is 12.5 Å². The number of ether oxygens (including phenoxy) is 1. The van der Waals surface area contributed by atoms with E-state index in [-0.39, 0.29) is 5.82 Å². The van der Waals surface area contributed by atoms with Crippen molar-refractivity contribution in [2.45, 2.75) is 12.5 Å². The molecule has 0 aromatic heterocycles. The summed E-state index contributed by atoms with van der Waals surface area (Å²) < 4.78 is 18.1. The fraction of sp³-hybridized carbons (Fsp3) is 0.273. The van der Waals surface area contributed by atoms with Crippen LogP contribution in [-0.2, 0) is 5.54 Å². The first-order valence-corrected chi connectivity index (χ1v) is 4.27. The number of nitrogens with two attached hydrogens (primary N) is 1. The summed E-state index contributed by atoms with van der Waals surface area (Å²) in [7, 11) is 1.52. The van der Waals surface area contributed by atoms with E-state index >= 15 is 0 Å². The lowest BCUT2D eigenvalue weighted by atomic mass is 9.92. The molecule has 0 fully saturated rings. The zero-order valence-corrected chi connectivity index (χ0v) is 8.38. The first kappa shape index (κ1) is 10.7. The maximum absolute atomic E-state index is 13.0. The van der Waals surface area contributed by atoms with Crippen molar-refractivity contribution >= 4 is 0 Å². The summed E-state index contributed by atoms with van der Waals surface area (Å²) in [6.07, 6.45) is 1.56. The van der Waals surface area contributed by atoms with E-state index in [4.69, 9.17) is 10.5 Å². The molecule has 0 saturated heterocycles. The Kier molecular flexibility index (Phi) is 2.91. The summed E-state index contributed by atoms with van der Waals surface area (Å²) in [5, 5.41) is 0. The summed E-state index contributed by atoms with van der Waals surface area (Å²) >= 11 is 0. The van der Waals surface area contributed by atoms with Crippen LogP contribution in [0.2, 0.25) is 0 Å². The van der Waals surface area contributed by atoms with Gasteiger partial charge in [-0.25, -0.2) is 4.39 Å². The van der Waals surface area contributed by atoms with Gasteiger partial charge in [-0.2, -0.15) is 0 Å². The van der Waals surface area contributed by atoms with Crippen LogP contribution in [0.15, 0.2) is 30.9 Å². The Hall–Kier alpha value is -1.35. The fourth-order valence-electron chi connectivity index (χ4n) is 1.21. The predicted molar refractivity (Wildman–Crippen MR) is 54.7 cm³/mol. The Balaban J connectivity index is 3.30. The molecule has 0 aliphatic heterocycles. The van der Waals surface area contributed by atoms with Crippen LogP contribution in [0, 0.1) is 5.82 Å². The van der Waals surface area contributed by atoms with Gasteiger partial charge >= 0.3 is 0 Å². The third-order valence-electron chi connectivity index (χ3n) is 2.17. The first-order chi connectivity index (χ1) is 6.51. The van der Waals surface area contributed by atoms with Gasteiger partial charge in [0.1, 0.15) is 11.6 Å². The molecule has 2 nitrogen and oxygen atoms in total. The lowest BCUT2D eigenvalue weighted by Gasteiger charge is -2.22. The SMILES string of the molecule is C=C[C@](C)(N)c1cc(F)ccc1OC. The molecule has 1 aromatic rings. The highest BCUT2D eigenvalue weighted by atomic mass is 19.1. The molecule has 2 N–H and O–H groups in total. The monoisotopic (exact) mass is 195 g/mol. The highest BCUT2D eigenvalue weighted by molar-refractivity contribution is 5.41. The molecule has 1 aromatic carbocycles. The van der Waals surface area contributed by atoms with E-state index in [1.165, 1.54) is 19.2 Å². The topological polar surface area (TPSA) is 35.2 Å². The standard InChI is InChI=1S/C11H14FNO/c1-4-11(2,13)9-7-8(12)5-6-10(9)14-3/h4-7H,1,13H2,2-3H3/t11-/m0/s1. The molecule has 3 heteroatoms.